The number of benzene rings is 1. The Labute approximate surface area is 171 Å². The zero-order valence-corrected chi connectivity index (χ0v) is 17.7. The standard InChI is InChI=1S/C22H29N3O4/c1-14-19(22(27)29-5)15(2)23-20(14)21(26)16(3)24-10-12-25(13-11-24)17-6-8-18(28-4)9-7-17/h6-9,16,23H,10-13H2,1-5H3/t16-/m1/s1. The van der Waals surface area contributed by atoms with Gasteiger partial charge in [0, 0.05) is 37.6 Å². The van der Waals surface area contributed by atoms with Crippen LogP contribution in [0.3, 0.4) is 0 Å². The Hall–Kier alpha value is -2.80. The summed E-state index contributed by atoms with van der Waals surface area (Å²) in [6.07, 6.45) is 0. The van der Waals surface area contributed by atoms with Crippen molar-refractivity contribution in [1.82, 2.24) is 9.88 Å². The molecule has 1 N–H and O–H groups in total. The Morgan fingerprint density at radius 3 is 2.21 bits per heavy atom. The molecule has 156 valence electrons. The maximum Gasteiger partial charge on any atom is 0.339 e. The highest BCUT2D eigenvalue weighted by atomic mass is 16.5. The number of aryl methyl sites for hydroxylation is 1. The van der Waals surface area contributed by atoms with Gasteiger partial charge in [0.15, 0.2) is 5.78 Å². The van der Waals surface area contributed by atoms with Crippen LogP contribution in [-0.4, -0.2) is 68.1 Å². The number of aromatic amines is 1. The fourth-order valence-corrected chi connectivity index (χ4v) is 3.94. The molecule has 1 atom stereocenters. The highest BCUT2D eigenvalue weighted by molar-refractivity contribution is 6.03. The molecule has 0 aliphatic carbocycles. The van der Waals surface area contributed by atoms with E-state index in [0.29, 0.717) is 22.5 Å². The number of H-pyrrole nitrogens is 1. The highest BCUT2D eigenvalue weighted by Gasteiger charge is 2.30. The van der Waals surface area contributed by atoms with Crippen molar-refractivity contribution in [2.75, 3.05) is 45.3 Å². The van der Waals surface area contributed by atoms with Gasteiger partial charge in [-0.3, -0.25) is 9.69 Å². The predicted octanol–water partition coefficient (Wildman–Crippen LogP) is 2.82. The number of hydrogen-bond donors (Lipinski definition) is 1. The highest BCUT2D eigenvalue weighted by Crippen LogP contribution is 2.24. The summed E-state index contributed by atoms with van der Waals surface area (Å²) in [6, 6.07) is 7.77. The van der Waals surface area contributed by atoms with Gasteiger partial charge in [-0.05, 0) is 50.6 Å². The molecule has 1 aliphatic heterocycles. The Morgan fingerprint density at radius 2 is 1.66 bits per heavy atom. The number of Topliss-reactive ketones (excluding diaryl/α,β-unsaturated/α-hetero) is 1. The number of hydrogen-bond acceptors (Lipinski definition) is 6. The molecule has 3 rings (SSSR count). The number of anilines is 1. The van der Waals surface area contributed by atoms with E-state index in [-0.39, 0.29) is 11.8 Å². The Kier molecular flexibility index (Phi) is 6.27. The molecule has 0 amide bonds. The number of piperazine rings is 1. The van der Waals surface area contributed by atoms with Crippen LogP contribution in [0.25, 0.3) is 0 Å². The van der Waals surface area contributed by atoms with Crippen LogP contribution in [0.15, 0.2) is 24.3 Å². The van der Waals surface area contributed by atoms with Crippen molar-refractivity contribution in [3.63, 3.8) is 0 Å². The van der Waals surface area contributed by atoms with Gasteiger partial charge in [0.2, 0.25) is 0 Å². The molecule has 2 heterocycles. The molecule has 29 heavy (non-hydrogen) atoms. The number of carbonyl (C=O) groups is 2. The molecule has 7 nitrogen and oxygen atoms in total. The van der Waals surface area contributed by atoms with Crippen LogP contribution in [0, 0.1) is 13.8 Å². The molecular weight excluding hydrogens is 370 g/mol. The zero-order chi connectivity index (χ0) is 21.1. The Morgan fingerprint density at radius 1 is 1.03 bits per heavy atom. The third-order valence-corrected chi connectivity index (χ3v) is 5.75. The molecule has 7 heteroatoms. The number of carbonyl (C=O) groups excluding carboxylic acids is 2. The van der Waals surface area contributed by atoms with Crippen molar-refractivity contribution in [3.05, 3.63) is 46.8 Å². The number of rotatable bonds is 6. The first kappa shape index (κ1) is 20.9. The van der Waals surface area contributed by atoms with Crippen molar-refractivity contribution in [3.8, 4) is 5.75 Å². The number of ketones is 1. The van der Waals surface area contributed by atoms with Crippen LogP contribution in [0.5, 0.6) is 5.75 Å². The molecule has 1 saturated heterocycles. The second-order valence-corrected chi connectivity index (χ2v) is 7.38. The molecule has 0 unspecified atom stereocenters. The van der Waals surface area contributed by atoms with Gasteiger partial charge in [0.1, 0.15) is 5.75 Å². The minimum atomic E-state index is -0.420. The molecule has 1 aromatic carbocycles. The Balaban J connectivity index is 1.66. The van der Waals surface area contributed by atoms with Gasteiger partial charge in [-0.1, -0.05) is 0 Å². The summed E-state index contributed by atoms with van der Waals surface area (Å²) in [6.45, 7) is 8.79. The molecule has 2 aromatic rings. The maximum atomic E-state index is 13.1. The molecular formula is C22H29N3O4. The van der Waals surface area contributed by atoms with E-state index in [1.165, 1.54) is 7.11 Å². The summed E-state index contributed by atoms with van der Waals surface area (Å²) in [7, 11) is 3.01. The second-order valence-electron chi connectivity index (χ2n) is 7.38. The summed E-state index contributed by atoms with van der Waals surface area (Å²) in [5.41, 5.74) is 3.42. The van der Waals surface area contributed by atoms with Gasteiger partial charge in [-0.2, -0.15) is 0 Å². The Bertz CT molecular complexity index is 880. The van der Waals surface area contributed by atoms with Gasteiger partial charge < -0.3 is 19.4 Å². The number of esters is 1. The zero-order valence-electron chi connectivity index (χ0n) is 17.7. The lowest BCUT2D eigenvalue weighted by molar-refractivity contribution is 0.0599. The lowest BCUT2D eigenvalue weighted by Crippen LogP contribution is -2.51. The van der Waals surface area contributed by atoms with Gasteiger partial charge in [0.05, 0.1) is 31.5 Å². The van der Waals surface area contributed by atoms with Crippen molar-refractivity contribution in [2.24, 2.45) is 0 Å². The van der Waals surface area contributed by atoms with Crippen LogP contribution < -0.4 is 9.64 Å². The van der Waals surface area contributed by atoms with E-state index < -0.39 is 5.97 Å². The van der Waals surface area contributed by atoms with Crippen molar-refractivity contribution < 1.29 is 19.1 Å². The van der Waals surface area contributed by atoms with E-state index in [1.807, 2.05) is 19.1 Å². The van der Waals surface area contributed by atoms with Crippen LogP contribution >= 0.6 is 0 Å². The van der Waals surface area contributed by atoms with Gasteiger partial charge in [-0.15, -0.1) is 0 Å². The third kappa shape index (κ3) is 4.15. The van der Waals surface area contributed by atoms with Crippen molar-refractivity contribution in [2.45, 2.75) is 26.8 Å². The number of aromatic nitrogens is 1. The monoisotopic (exact) mass is 399 g/mol. The largest absolute Gasteiger partial charge is 0.497 e. The second kappa shape index (κ2) is 8.69. The van der Waals surface area contributed by atoms with E-state index in [0.717, 1.165) is 37.6 Å². The summed E-state index contributed by atoms with van der Waals surface area (Å²) in [5.74, 6) is 0.421. The van der Waals surface area contributed by atoms with Gasteiger partial charge in [0.25, 0.3) is 0 Å². The fraction of sp³-hybridized carbons (Fsp3) is 0.455. The van der Waals surface area contributed by atoms with E-state index in [9.17, 15) is 9.59 Å². The third-order valence-electron chi connectivity index (χ3n) is 5.75. The summed E-state index contributed by atoms with van der Waals surface area (Å²) in [5, 5.41) is 0. The maximum absolute atomic E-state index is 13.1. The summed E-state index contributed by atoms with van der Waals surface area (Å²) >= 11 is 0. The van der Waals surface area contributed by atoms with Gasteiger partial charge >= 0.3 is 5.97 Å². The lowest BCUT2D eigenvalue weighted by Gasteiger charge is -2.38. The molecule has 0 saturated carbocycles. The summed E-state index contributed by atoms with van der Waals surface area (Å²) < 4.78 is 10.1. The molecule has 0 spiro atoms. The number of ether oxygens (including phenoxy) is 2. The number of nitrogens with one attached hydrogen (secondary N) is 1. The molecule has 0 bridgehead atoms. The van der Waals surface area contributed by atoms with E-state index in [2.05, 4.69) is 26.9 Å². The smallest absolute Gasteiger partial charge is 0.339 e. The predicted molar refractivity (Wildman–Crippen MR) is 112 cm³/mol. The van der Waals surface area contributed by atoms with E-state index in [1.54, 1.807) is 21.0 Å². The average molecular weight is 399 g/mol. The minimum absolute atomic E-state index is 0.00125. The number of methoxy groups -OCH3 is 2. The minimum Gasteiger partial charge on any atom is -0.497 e. The SMILES string of the molecule is COC(=O)c1c(C)[nH]c(C(=O)[C@@H](C)N2CCN(c3ccc(OC)cc3)CC2)c1C. The fourth-order valence-electron chi connectivity index (χ4n) is 3.94. The first-order valence-electron chi connectivity index (χ1n) is 9.82. The van der Waals surface area contributed by atoms with E-state index in [4.69, 9.17) is 9.47 Å². The van der Waals surface area contributed by atoms with E-state index >= 15 is 0 Å². The normalized spacial score (nSPS) is 15.8. The lowest BCUT2D eigenvalue weighted by atomic mass is 10.0. The first-order valence-corrected chi connectivity index (χ1v) is 9.82. The average Bonchev–Trinajstić information content (AvgIpc) is 3.06. The van der Waals surface area contributed by atoms with Crippen LogP contribution in [-0.2, 0) is 4.74 Å². The molecule has 0 radical (unpaired) electrons. The van der Waals surface area contributed by atoms with Crippen molar-refractivity contribution in [1.29, 1.82) is 0 Å². The topological polar surface area (TPSA) is 74.9 Å². The molecule has 1 aliphatic rings. The van der Waals surface area contributed by atoms with Crippen molar-refractivity contribution >= 4 is 17.4 Å². The molecule has 1 fully saturated rings. The van der Waals surface area contributed by atoms with Crippen LogP contribution in [0.1, 0.15) is 39.0 Å². The van der Waals surface area contributed by atoms with Crippen LogP contribution in [0.4, 0.5) is 5.69 Å². The van der Waals surface area contributed by atoms with Gasteiger partial charge in [-0.25, -0.2) is 4.79 Å². The summed E-state index contributed by atoms with van der Waals surface area (Å²) in [4.78, 5) is 32.7. The number of nitrogens with zero attached hydrogens (tertiary/aromatic N) is 2. The molecule has 1 aromatic heterocycles. The first-order chi connectivity index (χ1) is 13.9. The van der Waals surface area contributed by atoms with Crippen LogP contribution in [0.2, 0.25) is 0 Å². The quantitative estimate of drug-likeness (QED) is 0.595.